The summed E-state index contributed by atoms with van der Waals surface area (Å²) in [6.07, 6.45) is 0. The first-order valence-electron chi connectivity index (χ1n) is 6.63. The van der Waals surface area contributed by atoms with Crippen LogP contribution in [0.2, 0.25) is 0 Å². The van der Waals surface area contributed by atoms with E-state index in [9.17, 15) is 14.9 Å². The highest BCUT2D eigenvalue weighted by Gasteiger charge is 2.16. The lowest BCUT2D eigenvalue weighted by molar-refractivity contribution is 0.355. The van der Waals surface area contributed by atoms with Gasteiger partial charge < -0.3 is 14.8 Å². The van der Waals surface area contributed by atoms with Gasteiger partial charge in [-0.2, -0.15) is 5.26 Å². The maximum absolute atomic E-state index is 12.0. The van der Waals surface area contributed by atoms with Crippen molar-refractivity contribution in [1.82, 2.24) is 9.13 Å². The molecule has 1 aromatic carbocycles. The Morgan fingerprint density at radius 1 is 1.09 bits per heavy atom. The van der Waals surface area contributed by atoms with Gasteiger partial charge in [-0.25, -0.2) is 4.79 Å². The molecule has 23 heavy (non-hydrogen) atoms. The molecular weight excluding hydrogens is 300 g/mol. The Bertz CT molecular complexity index is 905. The zero-order valence-corrected chi connectivity index (χ0v) is 13.2. The van der Waals surface area contributed by atoms with E-state index >= 15 is 0 Å². The first-order chi connectivity index (χ1) is 10.9. The van der Waals surface area contributed by atoms with Gasteiger partial charge in [0, 0.05) is 25.8 Å². The number of benzene rings is 1. The van der Waals surface area contributed by atoms with Gasteiger partial charge in [-0.3, -0.25) is 13.9 Å². The second kappa shape index (κ2) is 6.27. The molecule has 1 aromatic heterocycles. The molecule has 0 aliphatic carbocycles. The first-order valence-corrected chi connectivity index (χ1v) is 6.63. The molecule has 0 saturated carbocycles. The van der Waals surface area contributed by atoms with E-state index in [1.807, 2.05) is 6.07 Å². The lowest BCUT2D eigenvalue weighted by Crippen LogP contribution is -2.39. The van der Waals surface area contributed by atoms with Gasteiger partial charge in [-0.1, -0.05) is 0 Å². The minimum Gasteiger partial charge on any atom is -0.493 e. The lowest BCUT2D eigenvalue weighted by atomic mass is 10.2. The third-order valence-electron chi connectivity index (χ3n) is 3.42. The first kappa shape index (κ1) is 16.2. The van der Waals surface area contributed by atoms with Gasteiger partial charge >= 0.3 is 5.69 Å². The molecule has 0 atom stereocenters. The zero-order valence-electron chi connectivity index (χ0n) is 13.2. The molecule has 0 aliphatic rings. The fourth-order valence-electron chi connectivity index (χ4n) is 2.14. The number of nitriles is 1. The van der Waals surface area contributed by atoms with E-state index in [2.05, 4.69) is 5.32 Å². The molecule has 1 heterocycles. The topological polar surface area (TPSA) is 98.3 Å². The molecule has 8 heteroatoms. The molecule has 0 unspecified atom stereocenters. The van der Waals surface area contributed by atoms with Gasteiger partial charge in [-0.15, -0.1) is 0 Å². The number of nitrogens with zero attached hydrogens (tertiary/aromatic N) is 3. The van der Waals surface area contributed by atoms with Gasteiger partial charge in [0.05, 0.1) is 14.2 Å². The minimum absolute atomic E-state index is 0.118. The molecule has 120 valence electrons. The Hall–Kier alpha value is -3.21. The van der Waals surface area contributed by atoms with E-state index in [4.69, 9.17) is 9.47 Å². The van der Waals surface area contributed by atoms with Crippen LogP contribution in [0.5, 0.6) is 11.5 Å². The maximum atomic E-state index is 12.0. The Labute approximate surface area is 132 Å². The summed E-state index contributed by atoms with van der Waals surface area (Å²) in [5.41, 5.74) is -0.789. The summed E-state index contributed by atoms with van der Waals surface area (Å²) in [5, 5.41) is 12.2. The smallest absolute Gasteiger partial charge is 0.332 e. The van der Waals surface area contributed by atoms with Crippen LogP contribution in [0.4, 0.5) is 11.5 Å². The number of ether oxygens (including phenoxy) is 2. The molecule has 0 radical (unpaired) electrons. The van der Waals surface area contributed by atoms with Crippen molar-refractivity contribution in [2.75, 3.05) is 19.5 Å². The highest BCUT2D eigenvalue weighted by molar-refractivity contribution is 5.65. The summed E-state index contributed by atoms with van der Waals surface area (Å²) in [6.45, 7) is 0. The van der Waals surface area contributed by atoms with Crippen LogP contribution in [-0.4, -0.2) is 23.4 Å². The molecule has 0 amide bonds. The molecule has 0 fully saturated rings. The van der Waals surface area contributed by atoms with E-state index in [-0.39, 0.29) is 11.4 Å². The van der Waals surface area contributed by atoms with Crippen LogP contribution in [-0.2, 0) is 14.1 Å². The highest BCUT2D eigenvalue weighted by atomic mass is 16.5. The second-order valence-electron chi connectivity index (χ2n) is 4.74. The lowest BCUT2D eigenvalue weighted by Gasteiger charge is -2.15. The average molecular weight is 316 g/mol. The molecule has 2 aromatic rings. The molecule has 1 N–H and O–H groups in total. The minimum atomic E-state index is -0.654. The van der Waals surface area contributed by atoms with Crippen molar-refractivity contribution in [3.05, 3.63) is 44.6 Å². The number of methoxy groups -OCH3 is 2. The predicted molar refractivity (Wildman–Crippen MR) is 84.5 cm³/mol. The summed E-state index contributed by atoms with van der Waals surface area (Å²) in [6, 6.07) is 6.83. The average Bonchev–Trinajstić information content (AvgIpc) is 2.57. The maximum Gasteiger partial charge on any atom is 0.332 e. The van der Waals surface area contributed by atoms with Gasteiger partial charge in [0.2, 0.25) is 0 Å². The van der Waals surface area contributed by atoms with Crippen LogP contribution in [0.25, 0.3) is 0 Å². The normalized spacial score (nSPS) is 10.0. The number of nitrogens with one attached hydrogen (secondary N) is 1. The van der Waals surface area contributed by atoms with E-state index in [0.717, 1.165) is 4.57 Å². The van der Waals surface area contributed by atoms with E-state index in [1.54, 1.807) is 18.2 Å². The number of hydrogen-bond acceptors (Lipinski definition) is 6. The molecule has 0 bridgehead atoms. The fraction of sp³-hybridized carbons (Fsp3) is 0.267. The zero-order chi connectivity index (χ0) is 17.1. The Kier molecular flexibility index (Phi) is 4.41. The van der Waals surface area contributed by atoms with Crippen molar-refractivity contribution in [3.63, 3.8) is 0 Å². The summed E-state index contributed by atoms with van der Waals surface area (Å²) in [4.78, 5) is 24.1. The largest absolute Gasteiger partial charge is 0.493 e. The number of hydrogen-bond donors (Lipinski definition) is 1. The Morgan fingerprint density at radius 3 is 2.30 bits per heavy atom. The van der Waals surface area contributed by atoms with Crippen LogP contribution >= 0.6 is 0 Å². The van der Waals surface area contributed by atoms with Gasteiger partial charge in [0.15, 0.2) is 17.1 Å². The molecule has 2 rings (SSSR count). The summed E-state index contributed by atoms with van der Waals surface area (Å²) in [5.74, 6) is 1.13. The molecule has 0 saturated heterocycles. The number of aromatic nitrogens is 2. The predicted octanol–water partition coefficient (Wildman–Crippen LogP) is 0.716. The number of anilines is 2. The van der Waals surface area contributed by atoms with E-state index in [1.165, 1.54) is 32.9 Å². The van der Waals surface area contributed by atoms with Crippen LogP contribution in [0.3, 0.4) is 0 Å². The quantitative estimate of drug-likeness (QED) is 0.892. The summed E-state index contributed by atoms with van der Waals surface area (Å²) >= 11 is 0. The van der Waals surface area contributed by atoms with Crippen molar-refractivity contribution in [2.45, 2.75) is 0 Å². The van der Waals surface area contributed by atoms with Crippen molar-refractivity contribution in [2.24, 2.45) is 14.1 Å². The van der Waals surface area contributed by atoms with Gasteiger partial charge in [-0.05, 0) is 12.1 Å². The van der Waals surface area contributed by atoms with E-state index in [0.29, 0.717) is 17.2 Å². The van der Waals surface area contributed by atoms with E-state index < -0.39 is 11.2 Å². The standard InChI is InChI=1S/C15H16N4O4/c1-18-13(10(8-16)14(20)19(2)15(18)21)17-9-5-6-11(22-3)12(7-9)23-4/h5-7,17H,1-4H3. The molecule has 8 nitrogen and oxygen atoms in total. The Morgan fingerprint density at radius 2 is 1.74 bits per heavy atom. The third-order valence-corrected chi connectivity index (χ3v) is 3.42. The SMILES string of the molecule is COc1ccc(Nc2c(C#N)c(=O)n(C)c(=O)n2C)cc1OC. The fourth-order valence-corrected chi connectivity index (χ4v) is 2.14. The monoisotopic (exact) mass is 316 g/mol. The van der Waals surface area contributed by atoms with Crippen molar-refractivity contribution >= 4 is 11.5 Å². The summed E-state index contributed by atoms with van der Waals surface area (Å²) < 4.78 is 12.4. The van der Waals surface area contributed by atoms with Crippen LogP contribution in [0.15, 0.2) is 27.8 Å². The third kappa shape index (κ3) is 2.76. The summed E-state index contributed by atoms with van der Waals surface area (Å²) in [7, 11) is 5.82. The van der Waals surface area contributed by atoms with Gasteiger partial charge in [0.1, 0.15) is 11.9 Å². The van der Waals surface area contributed by atoms with Crippen molar-refractivity contribution in [1.29, 1.82) is 5.26 Å². The molecular formula is C15H16N4O4. The van der Waals surface area contributed by atoms with Crippen LogP contribution < -0.4 is 26.0 Å². The van der Waals surface area contributed by atoms with Crippen LogP contribution in [0.1, 0.15) is 5.56 Å². The molecule has 0 spiro atoms. The highest BCUT2D eigenvalue weighted by Crippen LogP contribution is 2.31. The number of rotatable bonds is 4. The van der Waals surface area contributed by atoms with Crippen LogP contribution in [0, 0.1) is 11.3 Å². The molecule has 0 aliphatic heterocycles. The van der Waals surface area contributed by atoms with Crippen molar-refractivity contribution in [3.8, 4) is 17.6 Å². The Balaban J connectivity index is 2.60. The van der Waals surface area contributed by atoms with Crippen molar-refractivity contribution < 1.29 is 9.47 Å². The second-order valence-corrected chi connectivity index (χ2v) is 4.74. The van der Waals surface area contributed by atoms with Gasteiger partial charge in [0.25, 0.3) is 5.56 Å².